The van der Waals surface area contributed by atoms with E-state index in [2.05, 4.69) is 46.0 Å². The van der Waals surface area contributed by atoms with Crippen molar-refractivity contribution in [1.29, 1.82) is 0 Å². The second kappa shape index (κ2) is 15.8. The normalized spacial score (nSPS) is 18.0. The number of nitrogens with zero attached hydrogens (tertiary/aromatic N) is 5. The number of pyridine rings is 1. The molecule has 9 rings (SSSR count). The Morgan fingerprint density at radius 1 is 0.914 bits per heavy atom. The lowest BCUT2D eigenvalue weighted by Gasteiger charge is -2.30. The van der Waals surface area contributed by atoms with Crippen molar-refractivity contribution in [2.45, 2.75) is 64.2 Å². The van der Waals surface area contributed by atoms with Gasteiger partial charge in [-0.2, -0.15) is 0 Å². The van der Waals surface area contributed by atoms with Crippen molar-refractivity contribution >= 4 is 34.4 Å². The van der Waals surface area contributed by atoms with E-state index >= 15 is 0 Å². The highest BCUT2D eigenvalue weighted by atomic mass is 16.5. The molecule has 4 aliphatic heterocycles. The van der Waals surface area contributed by atoms with E-state index in [0.717, 1.165) is 77.4 Å². The summed E-state index contributed by atoms with van der Waals surface area (Å²) < 4.78 is 19.8. The highest BCUT2D eigenvalue weighted by Crippen LogP contribution is 2.38. The molecule has 0 saturated carbocycles. The first-order chi connectivity index (χ1) is 28.3. The Bertz CT molecular complexity index is 2510. The predicted octanol–water partition coefficient (Wildman–Crippen LogP) is 5.24. The number of carbonyl (C=O) groups is 4. The molecule has 294 valence electrons. The number of carbonyl (C=O) groups excluding carboxylic acids is 4. The molecule has 4 aliphatic rings. The molecular formula is C45H42N6O7. The number of hydrogen-bond acceptors (Lipinski definition) is 9. The van der Waals surface area contributed by atoms with Crippen LogP contribution in [0, 0.1) is 11.8 Å². The van der Waals surface area contributed by atoms with E-state index in [1.807, 2.05) is 35.4 Å². The molecule has 13 heteroatoms. The summed E-state index contributed by atoms with van der Waals surface area (Å²) in [7, 11) is 0. The molecule has 1 unspecified atom stereocenters. The first-order valence-electron chi connectivity index (χ1n) is 19.7. The van der Waals surface area contributed by atoms with E-state index in [9.17, 15) is 19.2 Å². The lowest BCUT2D eigenvalue weighted by atomic mass is 9.99. The maximum atomic E-state index is 13.1. The largest absolute Gasteiger partial charge is 0.481 e. The smallest absolute Gasteiger partial charge is 0.255 e. The van der Waals surface area contributed by atoms with Gasteiger partial charge in [0.25, 0.3) is 5.91 Å². The number of amides is 4. The second-order valence-electron chi connectivity index (χ2n) is 15.0. The average molecular weight is 779 g/mol. The summed E-state index contributed by atoms with van der Waals surface area (Å²) in [5, 5.41) is 4.38. The maximum absolute atomic E-state index is 13.1. The van der Waals surface area contributed by atoms with Gasteiger partial charge < -0.3 is 28.6 Å². The van der Waals surface area contributed by atoms with Gasteiger partial charge in [-0.3, -0.25) is 29.5 Å². The molecule has 0 aliphatic carbocycles. The molecule has 0 bridgehead atoms. The van der Waals surface area contributed by atoms with E-state index in [1.165, 1.54) is 4.90 Å². The van der Waals surface area contributed by atoms with E-state index < -0.39 is 11.9 Å². The van der Waals surface area contributed by atoms with Crippen molar-refractivity contribution < 1.29 is 33.4 Å². The van der Waals surface area contributed by atoms with E-state index in [-0.39, 0.29) is 43.9 Å². The monoisotopic (exact) mass is 778 g/mol. The van der Waals surface area contributed by atoms with E-state index in [0.29, 0.717) is 48.1 Å². The van der Waals surface area contributed by atoms with Crippen LogP contribution >= 0.6 is 0 Å². The zero-order valence-electron chi connectivity index (χ0n) is 32.2. The van der Waals surface area contributed by atoms with Crippen LogP contribution in [-0.4, -0.2) is 87.0 Å². The molecule has 2 saturated heterocycles. The molecule has 3 aromatic carbocycles. The Labute approximate surface area is 335 Å². The third-order valence-corrected chi connectivity index (χ3v) is 11.5. The summed E-state index contributed by atoms with van der Waals surface area (Å²) in [6.07, 6.45) is 4.30. The molecule has 1 N–H and O–H groups in total. The second-order valence-corrected chi connectivity index (χ2v) is 15.0. The van der Waals surface area contributed by atoms with Crippen LogP contribution in [-0.2, 0) is 38.8 Å². The third kappa shape index (κ3) is 7.16. The van der Waals surface area contributed by atoms with Crippen molar-refractivity contribution in [1.82, 2.24) is 29.7 Å². The predicted molar refractivity (Wildman–Crippen MR) is 214 cm³/mol. The van der Waals surface area contributed by atoms with Crippen molar-refractivity contribution in [2.75, 3.05) is 33.0 Å². The van der Waals surface area contributed by atoms with Gasteiger partial charge in [0.1, 0.15) is 36.6 Å². The molecule has 6 heterocycles. The number of hydrogen-bond donors (Lipinski definition) is 1. The number of nitrogens with one attached hydrogen (secondary N) is 1. The summed E-state index contributed by atoms with van der Waals surface area (Å²) >= 11 is 0. The van der Waals surface area contributed by atoms with Crippen LogP contribution in [0.2, 0.25) is 0 Å². The van der Waals surface area contributed by atoms with E-state index in [4.69, 9.17) is 24.2 Å². The Balaban J connectivity index is 0.844. The minimum Gasteiger partial charge on any atom is -0.481 e. The van der Waals surface area contributed by atoms with Crippen molar-refractivity contribution in [3.05, 3.63) is 95.6 Å². The molecule has 4 amide bonds. The van der Waals surface area contributed by atoms with Crippen LogP contribution in [0.1, 0.15) is 66.0 Å². The highest BCUT2D eigenvalue weighted by Gasteiger charge is 2.40. The Morgan fingerprint density at radius 3 is 2.48 bits per heavy atom. The molecule has 13 nitrogen and oxygen atoms in total. The minimum absolute atomic E-state index is 0.0695. The van der Waals surface area contributed by atoms with Gasteiger partial charge in [-0.1, -0.05) is 36.1 Å². The number of fused-ring (bicyclic) bond motifs is 3. The van der Waals surface area contributed by atoms with Crippen LogP contribution in [0.4, 0.5) is 0 Å². The minimum atomic E-state index is -0.688. The van der Waals surface area contributed by atoms with Crippen LogP contribution < -0.4 is 14.8 Å². The number of ether oxygens (including phenoxy) is 3. The Hall–Kier alpha value is -6.52. The third-order valence-electron chi connectivity index (χ3n) is 11.5. The van der Waals surface area contributed by atoms with Crippen LogP contribution in [0.5, 0.6) is 11.5 Å². The van der Waals surface area contributed by atoms with Gasteiger partial charge in [-0.15, -0.1) is 0 Å². The van der Waals surface area contributed by atoms with Gasteiger partial charge in [0.15, 0.2) is 0 Å². The van der Waals surface area contributed by atoms with Gasteiger partial charge in [-0.05, 0) is 67.1 Å². The molecular weight excluding hydrogens is 737 g/mol. The number of benzene rings is 3. The van der Waals surface area contributed by atoms with Crippen LogP contribution in [0.3, 0.4) is 0 Å². The van der Waals surface area contributed by atoms with E-state index in [1.54, 1.807) is 25.1 Å². The lowest BCUT2D eigenvalue weighted by Crippen LogP contribution is -2.52. The standard InChI is InChI=1S/C45H42N6O7/c1-28(52)49-18-19-50-39(27-49)42(48-43(50)30-16-22-56-23-17-30)33-7-4-6-31-24-37(46-25-35(31)33)29-10-12-32(13-11-29)57-20-2-3-21-58-40-9-5-8-34-36(40)26-51(45(34)55)38-14-15-41(53)47-44(38)54/h4-13,24-25,30,38H,14-23,26-27H2,1H3,(H,47,53,54). The SMILES string of the molecule is CC(=O)N1CCn2c(C3CCOCC3)nc(-c3cccc4cc(-c5ccc(OCC#CCOc6cccc7c6CN(C6CCC(=O)NC6=O)C7=O)cc5)ncc34)c2C1. The maximum Gasteiger partial charge on any atom is 0.255 e. The highest BCUT2D eigenvalue weighted by molar-refractivity contribution is 6.05. The molecule has 2 fully saturated rings. The molecule has 0 spiro atoms. The molecule has 1 atom stereocenters. The van der Waals surface area contributed by atoms with Gasteiger partial charge in [0.05, 0.1) is 30.2 Å². The molecule has 5 aromatic rings. The number of piperidine rings is 1. The Morgan fingerprint density at radius 2 is 1.69 bits per heavy atom. The number of imide groups is 1. The summed E-state index contributed by atoms with van der Waals surface area (Å²) in [5.41, 5.74) is 5.98. The molecule has 0 radical (unpaired) electrons. The zero-order chi connectivity index (χ0) is 39.8. The topological polar surface area (TPSA) is 145 Å². The van der Waals surface area contributed by atoms with Crippen molar-refractivity contribution in [3.8, 4) is 45.9 Å². The summed E-state index contributed by atoms with van der Waals surface area (Å²) in [4.78, 5) is 63.1. The quantitative estimate of drug-likeness (QED) is 0.165. The van der Waals surface area contributed by atoms with Gasteiger partial charge >= 0.3 is 0 Å². The van der Waals surface area contributed by atoms with Gasteiger partial charge in [0.2, 0.25) is 17.7 Å². The van der Waals surface area contributed by atoms with Crippen molar-refractivity contribution in [2.24, 2.45) is 0 Å². The fourth-order valence-corrected chi connectivity index (χ4v) is 8.43. The summed E-state index contributed by atoms with van der Waals surface area (Å²) in [6.45, 7) is 5.53. The Kier molecular flexibility index (Phi) is 10.1. The number of rotatable bonds is 8. The van der Waals surface area contributed by atoms with Crippen molar-refractivity contribution in [3.63, 3.8) is 0 Å². The van der Waals surface area contributed by atoms with Crippen LogP contribution in [0.25, 0.3) is 33.3 Å². The number of imidazole rings is 1. The zero-order valence-corrected chi connectivity index (χ0v) is 32.2. The van der Waals surface area contributed by atoms with Gasteiger partial charge in [-0.25, -0.2) is 4.98 Å². The first kappa shape index (κ1) is 37.1. The van der Waals surface area contributed by atoms with Gasteiger partial charge in [0, 0.05) is 79.4 Å². The molecule has 2 aromatic heterocycles. The summed E-state index contributed by atoms with van der Waals surface area (Å²) in [5.74, 6) is 7.62. The first-order valence-corrected chi connectivity index (χ1v) is 19.7. The lowest BCUT2D eigenvalue weighted by molar-refractivity contribution is -0.137. The average Bonchev–Trinajstić information content (AvgIpc) is 3.80. The molecule has 58 heavy (non-hydrogen) atoms. The fourth-order valence-electron chi connectivity index (χ4n) is 8.43. The fraction of sp³-hybridized carbons (Fsp3) is 0.333. The van der Waals surface area contributed by atoms with Crippen LogP contribution in [0.15, 0.2) is 72.9 Å². The number of aromatic nitrogens is 3. The summed E-state index contributed by atoms with van der Waals surface area (Å²) in [6, 6.07) is 20.6.